The molecule has 2 aromatic carbocycles. The Kier molecular flexibility index (Phi) is 5.24. The standard InChI is InChI=1S/C21H17N3O4/c25-20(12-11-18-22-13-17(27-18)15-7-3-1-4-8-15)26-14-19-23-21(24-28-19)16-9-5-2-6-10-16/h1-10,13H,11-12,14H2. The first-order chi connectivity index (χ1) is 13.8. The van der Waals surface area contributed by atoms with Crippen molar-refractivity contribution in [2.24, 2.45) is 0 Å². The van der Waals surface area contributed by atoms with Crippen molar-refractivity contribution in [1.82, 2.24) is 15.1 Å². The van der Waals surface area contributed by atoms with Crippen LogP contribution in [0.1, 0.15) is 18.2 Å². The second-order valence-electron chi connectivity index (χ2n) is 6.02. The van der Waals surface area contributed by atoms with E-state index in [1.807, 2.05) is 60.7 Å². The molecule has 7 heteroatoms. The van der Waals surface area contributed by atoms with Crippen LogP contribution < -0.4 is 0 Å². The van der Waals surface area contributed by atoms with Gasteiger partial charge in [0.1, 0.15) is 0 Å². The molecule has 7 nitrogen and oxygen atoms in total. The van der Waals surface area contributed by atoms with Gasteiger partial charge in [0.25, 0.3) is 5.89 Å². The van der Waals surface area contributed by atoms with Gasteiger partial charge in [0.15, 0.2) is 18.3 Å². The number of benzene rings is 2. The van der Waals surface area contributed by atoms with Gasteiger partial charge in [-0.1, -0.05) is 65.8 Å². The van der Waals surface area contributed by atoms with Crippen molar-refractivity contribution >= 4 is 5.97 Å². The molecule has 4 aromatic rings. The number of carbonyl (C=O) groups excluding carboxylic acids is 1. The van der Waals surface area contributed by atoms with Crippen LogP contribution in [0.4, 0.5) is 0 Å². The monoisotopic (exact) mass is 375 g/mol. The molecule has 0 fully saturated rings. The molecule has 28 heavy (non-hydrogen) atoms. The Morgan fingerprint density at radius 3 is 2.39 bits per heavy atom. The molecule has 0 aliphatic rings. The van der Waals surface area contributed by atoms with Gasteiger partial charge in [0.05, 0.1) is 12.6 Å². The fraction of sp³-hybridized carbons (Fsp3) is 0.143. The molecule has 0 atom stereocenters. The largest absolute Gasteiger partial charge is 0.456 e. The van der Waals surface area contributed by atoms with Crippen LogP contribution in [0.3, 0.4) is 0 Å². The van der Waals surface area contributed by atoms with Gasteiger partial charge < -0.3 is 13.7 Å². The van der Waals surface area contributed by atoms with Crippen LogP contribution in [0.15, 0.2) is 75.8 Å². The van der Waals surface area contributed by atoms with Crippen LogP contribution in [0.5, 0.6) is 0 Å². The molecular formula is C21H17N3O4. The van der Waals surface area contributed by atoms with Crippen LogP contribution >= 0.6 is 0 Å². The lowest BCUT2D eigenvalue weighted by atomic mass is 10.2. The van der Waals surface area contributed by atoms with E-state index in [1.165, 1.54) is 0 Å². The molecule has 0 saturated heterocycles. The van der Waals surface area contributed by atoms with Crippen molar-refractivity contribution < 1.29 is 18.5 Å². The Hall–Kier alpha value is -3.74. The molecule has 0 N–H and O–H groups in total. The quantitative estimate of drug-likeness (QED) is 0.450. The van der Waals surface area contributed by atoms with Gasteiger partial charge in [-0.05, 0) is 0 Å². The van der Waals surface area contributed by atoms with Gasteiger partial charge in [0, 0.05) is 17.5 Å². The topological polar surface area (TPSA) is 91.2 Å². The van der Waals surface area contributed by atoms with Crippen LogP contribution in [0, 0.1) is 0 Å². The maximum atomic E-state index is 12.0. The highest BCUT2D eigenvalue weighted by atomic mass is 16.6. The number of nitrogens with zero attached hydrogens (tertiary/aromatic N) is 3. The zero-order chi connectivity index (χ0) is 19.2. The van der Waals surface area contributed by atoms with Gasteiger partial charge in [-0.25, -0.2) is 4.98 Å². The summed E-state index contributed by atoms with van der Waals surface area (Å²) in [6.45, 7) is -0.0699. The van der Waals surface area contributed by atoms with E-state index in [2.05, 4.69) is 15.1 Å². The highest BCUT2D eigenvalue weighted by molar-refractivity contribution is 5.69. The van der Waals surface area contributed by atoms with E-state index < -0.39 is 0 Å². The maximum absolute atomic E-state index is 12.0. The molecule has 0 saturated carbocycles. The number of hydrogen-bond donors (Lipinski definition) is 0. The molecule has 0 amide bonds. The summed E-state index contributed by atoms with van der Waals surface area (Å²) in [5.41, 5.74) is 1.77. The number of aromatic nitrogens is 3. The first-order valence-corrected chi connectivity index (χ1v) is 8.82. The fourth-order valence-electron chi connectivity index (χ4n) is 2.60. The number of rotatable bonds is 7. The van der Waals surface area contributed by atoms with Gasteiger partial charge in [0.2, 0.25) is 5.82 Å². The van der Waals surface area contributed by atoms with Gasteiger partial charge in [-0.2, -0.15) is 4.98 Å². The summed E-state index contributed by atoms with van der Waals surface area (Å²) in [4.78, 5) is 20.4. The number of aryl methyl sites for hydroxylation is 1. The fourth-order valence-corrected chi connectivity index (χ4v) is 2.60. The van der Waals surface area contributed by atoms with Crippen molar-refractivity contribution in [3.63, 3.8) is 0 Å². The SMILES string of the molecule is O=C(CCc1ncc(-c2ccccc2)o1)OCc1nc(-c2ccccc2)no1. The van der Waals surface area contributed by atoms with E-state index in [0.29, 0.717) is 23.9 Å². The first-order valence-electron chi connectivity index (χ1n) is 8.82. The summed E-state index contributed by atoms with van der Waals surface area (Å²) in [5.74, 6) is 1.47. The van der Waals surface area contributed by atoms with E-state index in [-0.39, 0.29) is 24.9 Å². The number of esters is 1. The lowest BCUT2D eigenvalue weighted by Gasteiger charge is -2.00. The summed E-state index contributed by atoms with van der Waals surface area (Å²) in [5, 5.41) is 3.89. The summed E-state index contributed by atoms with van der Waals surface area (Å²) in [6.07, 6.45) is 2.15. The second kappa shape index (κ2) is 8.30. The normalized spacial score (nSPS) is 10.7. The Balaban J connectivity index is 1.26. The molecular weight excluding hydrogens is 358 g/mol. The second-order valence-corrected chi connectivity index (χ2v) is 6.02. The highest BCUT2D eigenvalue weighted by Gasteiger charge is 2.13. The summed E-state index contributed by atoms with van der Waals surface area (Å²) < 4.78 is 16.0. The van der Waals surface area contributed by atoms with E-state index in [0.717, 1.165) is 11.1 Å². The van der Waals surface area contributed by atoms with Crippen LogP contribution in [0.25, 0.3) is 22.7 Å². The number of oxazole rings is 1. The highest BCUT2D eigenvalue weighted by Crippen LogP contribution is 2.20. The molecule has 0 aliphatic heterocycles. The Labute approximate surface area is 161 Å². The Morgan fingerprint density at radius 1 is 0.929 bits per heavy atom. The average molecular weight is 375 g/mol. The molecule has 2 aromatic heterocycles. The molecule has 0 unspecified atom stereocenters. The molecule has 0 spiro atoms. The number of ether oxygens (including phenoxy) is 1. The van der Waals surface area contributed by atoms with Crippen LogP contribution in [-0.4, -0.2) is 21.1 Å². The lowest BCUT2D eigenvalue weighted by molar-refractivity contribution is -0.145. The minimum Gasteiger partial charge on any atom is -0.456 e. The third kappa shape index (κ3) is 4.32. The third-order valence-electron chi connectivity index (χ3n) is 4.01. The summed E-state index contributed by atoms with van der Waals surface area (Å²) >= 11 is 0. The van der Waals surface area contributed by atoms with E-state index in [9.17, 15) is 4.79 Å². The smallest absolute Gasteiger partial charge is 0.306 e. The molecule has 0 bridgehead atoms. The predicted octanol–water partition coefficient (Wildman–Crippen LogP) is 4.07. The van der Waals surface area contributed by atoms with Crippen molar-refractivity contribution in [2.75, 3.05) is 0 Å². The van der Waals surface area contributed by atoms with Crippen LogP contribution in [-0.2, 0) is 22.6 Å². The van der Waals surface area contributed by atoms with E-state index in [1.54, 1.807) is 6.20 Å². The van der Waals surface area contributed by atoms with Crippen molar-refractivity contribution in [2.45, 2.75) is 19.4 Å². The van der Waals surface area contributed by atoms with Crippen molar-refractivity contribution in [1.29, 1.82) is 0 Å². The minimum atomic E-state index is -0.390. The van der Waals surface area contributed by atoms with Gasteiger partial charge >= 0.3 is 5.97 Å². The first kappa shape index (κ1) is 17.7. The third-order valence-corrected chi connectivity index (χ3v) is 4.01. The maximum Gasteiger partial charge on any atom is 0.306 e. The zero-order valence-electron chi connectivity index (χ0n) is 14.9. The van der Waals surface area contributed by atoms with Crippen molar-refractivity contribution in [3.8, 4) is 22.7 Å². The molecule has 0 radical (unpaired) electrons. The van der Waals surface area contributed by atoms with E-state index >= 15 is 0 Å². The average Bonchev–Trinajstić information content (AvgIpc) is 3.42. The van der Waals surface area contributed by atoms with E-state index in [4.69, 9.17) is 13.7 Å². The molecule has 140 valence electrons. The van der Waals surface area contributed by atoms with Crippen LogP contribution in [0.2, 0.25) is 0 Å². The Morgan fingerprint density at radius 2 is 1.64 bits per heavy atom. The summed E-state index contributed by atoms with van der Waals surface area (Å²) in [7, 11) is 0. The minimum absolute atomic E-state index is 0.0699. The zero-order valence-corrected chi connectivity index (χ0v) is 14.9. The Bertz CT molecular complexity index is 958. The number of carbonyl (C=O) groups is 1. The van der Waals surface area contributed by atoms with Gasteiger partial charge in [-0.3, -0.25) is 4.79 Å². The number of hydrogen-bond acceptors (Lipinski definition) is 7. The molecule has 4 rings (SSSR count). The predicted molar refractivity (Wildman–Crippen MR) is 99.8 cm³/mol. The summed E-state index contributed by atoms with van der Waals surface area (Å²) in [6, 6.07) is 19.1. The lowest BCUT2D eigenvalue weighted by Crippen LogP contribution is -2.06. The molecule has 2 heterocycles. The molecule has 0 aliphatic carbocycles. The van der Waals surface area contributed by atoms with Gasteiger partial charge in [-0.15, -0.1) is 0 Å². The van der Waals surface area contributed by atoms with Crippen molar-refractivity contribution in [3.05, 3.63) is 78.6 Å².